The van der Waals surface area contributed by atoms with Crippen LogP contribution >= 0.6 is 0 Å². The summed E-state index contributed by atoms with van der Waals surface area (Å²) in [5.41, 5.74) is 6.72. The molecule has 0 aliphatic carbocycles. The number of rotatable bonds is 5. The summed E-state index contributed by atoms with van der Waals surface area (Å²) < 4.78 is 13.2. The molecule has 1 aromatic rings. The Labute approximate surface area is 105 Å². The lowest BCUT2D eigenvalue weighted by Crippen LogP contribution is -2.36. The summed E-state index contributed by atoms with van der Waals surface area (Å²) in [6, 6.07) is 3.96. The summed E-state index contributed by atoms with van der Waals surface area (Å²) in [7, 11) is 0. The van der Waals surface area contributed by atoms with Gasteiger partial charge in [-0.15, -0.1) is 0 Å². The van der Waals surface area contributed by atoms with Crippen molar-refractivity contribution in [1.82, 2.24) is 5.48 Å². The van der Waals surface area contributed by atoms with Gasteiger partial charge in [-0.25, -0.2) is 9.87 Å². The van der Waals surface area contributed by atoms with Gasteiger partial charge in [0, 0.05) is 13.0 Å². The van der Waals surface area contributed by atoms with Crippen molar-refractivity contribution in [2.45, 2.75) is 25.9 Å². The van der Waals surface area contributed by atoms with E-state index in [-0.39, 0.29) is 17.9 Å². The molecule has 0 radical (unpaired) electrons. The van der Waals surface area contributed by atoms with Gasteiger partial charge in [0.15, 0.2) is 0 Å². The first kappa shape index (κ1) is 14.4. The number of carbonyl (C=O) groups is 1. The van der Waals surface area contributed by atoms with Crippen LogP contribution in [-0.4, -0.2) is 23.2 Å². The molecule has 6 heteroatoms. The molecule has 100 valence electrons. The monoisotopic (exact) mass is 256 g/mol. The number of benzene rings is 1. The maximum absolute atomic E-state index is 13.2. The average molecular weight is 256 g/mol. The molecule has 1 amide bonds. The second-order valence-corrected chi connectivity index (χ2v) is 4.47. The molecule has 1 aromatic carbocycles. The van der Waals surface area contributed by atoms with Gasteiger partial charge in [0.05, 0.1) is 16.9 Å². The molecule has 0 unspecified atom stereocenters. The number of carbonyl (C=O) groups excluding carboxylic acids is 1. The van der Waals surface area contributed by atoms with E-state index in [1.165, 1.54) is 18.2 Å². The molecule has 0 aliphatic heterocycles. The van der Waals surface area contributed by atoms with Crippen molar-refractivity contribution < 1.29 is 19.1 Å². The van der Waals surface area contributed by atoms with Crippen LogP contribution in [0.2, 0.25) is 0 Å². The van der Waals surface area contributed by atoms with Gasteiger partial charge in [0.2, 0.25) is 0 Å². The second-order valence-electron chi connectivity index (χ2n) is 4.47. The van der Waals surface area contributed by atoms with Crippen molar-refractivity contribution >= 4 is 11.6 Å². The Kier molecular flexibility index (Phi) is 4.63. The third kappa shape index (κ3) is 3.68. The van der Waals surface area contributed by atoms with Gasteiger partial charge in [-0.3, -0.25) is 9.63 Å². The highest BCUT2D eigenvalue weighted by atomic mass is 19.1. The maximum Gasteiger partial charge on any atom is 0.277 e. The van der Waals surface area contributed by atoms with Gasteiger partial charge >= 0.3 is 0 Å². The fourth-order valence-corrected chi connectivity index (χ4v) is 1.29. The Balaban J connectivity index is 2.69. The summed E-state index contributed by atoms with van der Waals surface area (Å²) in [6.45, 7) is 3.35. The Morgan fingerprint density at radius 1 is 1.56 bits per heavy atom. The number of nitrogens with one attached hydrogen (secondary N) is 1. The van der Waals surface area contributed by atoms with Gasteiger partial charge < -0.3 is 10.8 Å². The van der Waals surface area contributed by atoms with Crippen molar-refractivity contribution in [3.05, 3.63) is 29.6 Å². The van der Waals surface area contributed by atoms with Crippen LogP contribution in [0.5, 0.6) is 0 Å². The Morgan fingerprint density at radius 2 is 2.22 bits per heavy atom. The van der Waals surface area contributed by atoms with E-state index in [9.17, 15) is 9.18 Å². The number of aliphatic hydroxyl groups is 1. The Hall–Kier alpha value is -1.66. The first-order valence-corrected chi connectivity index (χ1v) is 5.50. The molecule has 18 heavy (non-hydrogen) atoms. The van der Waals surface area contributed by atoms with E-state index >= 15 is 0 Å². The first-order chi connectivity index (χ1) is 8.37. The zero-order chi connectivity index (χ0) is 13.8. The van der Waals surface area contributed by atoms with Crippen LogP contribution in [0.1, 0.15) is 30.6 Å². The fraction of sp³-hybridized carbons (Fsp3) is 0.417. The van der Waals surface area contributed by atoms with Crippen LogP contribution in [-0.2, 0) is 4.84 Å². The highest BCUT2D eigenvalue weighted by Crippen LogP contribution is 2.17. The number of halogens is 1. The lowest BCUT2D eigenvalue weighted by Gasteiger charge is -2.23. The minimum Gasteiger partial charge on any atom is -0.396 e. The molecule has 0 aliphatic rings. The number of nitrogen functional groups attached to an aromatic ring is 1. The molecule has 0 fully saturated rings. The summed E-state index contributed by atoms with van der Waals surface area (Å²) >= 11 is 0. The average Bonchev–Trinajstić information content (AvgIpc) is 2.30. The smallest absolute Gasteiger partial charge is 0.277 e. The number of nitrogens with two attached hydrogens (primary N) is 1. The van der Waals surface area contributed by atoms with E-state index in [4.69, 9.17) is 15.7 Å². The number of para-hydroxylation sites is 1. The van der Waals surface area contributed by atoms with E-state index in [0.717, 1.165) is 0 Å². The molecule has 5 nitrogen and oxygen atoms in total. The third-order valence-corrected chi connectivity index (χ3v) is 2.43. The lowest BCUT2D eigenvalue weighted by atomic mass is 10.1. The molecule has 0 bridgehead atoms. The molecule has 0 saturated heterocycles. The zero-order valence-corrected chi connectivity index (χ0v) is 10.4. The molecule has 0 saturated carbocycles. The van der Waals surface area contributed by atoms with Crippen molar-refractivity contribution in [1.29, 1.82) is 0 Å². The van der Waals surface area contributed by atoms with Crippen LogP contribution < -0.4 is 11.2 Å². The Bertz CT molecular complexity index is 435. The lowest BCUT2D eigenvalue weighted by molar-refractivity contribution is -0.0805. The summed E-state index contributed by atoms with van der Waals surface area (Å²) in [4.78, 5) is 16.9. The van der Waals surface area contributed by atoms with Crippen LogP contribution in [0.3, 0.4) is 0 Å². The van der Waals surface area contributed by atoms with E-state index in [0.29, 0.717) is 6.42 Å². The zero-order valence-electron chi connectivity index (χ0n) is 10.4. The molecule has 4 N–H and O–H groups in total. The quantitative estimate of drug-likeness (QED) is 0.546. The van der Waals surface area contributed by atoms with E-state index in [2.05, 4.69) is 5.48 Å². The minimum atomic E-state index is -0.716. The largest absolute Gasteiger partial charge is 0.396 e. The van der Waals surface area contributed by atoms with Gasteiger partial charge in [0.1, 0.15) is 5.82 Å². The number of aliphatic hydroxyl groups excluding tert-OH is 1. The second kappa shape index (κ2) is 5.79. The molecular weight excluding hydrogens is 239 g/mol. The first-order valence-electron chi connectivity index (χ1n) is 5.50. The van der Waals surface area contributed by atoms with Crippen molar-refractivity contribution in [2.24, 2.45) is 0 Å². The summed E-state index contributed by atoms with van der Waals surface area (Å²) in [5.74, 6) is -1.28. The summed E-state index contributed by atoms with van der Waals surface area (Å²) in [6.07, 6.45) is 0.353. The van der Waals surface area contributed by atoms with Gasteiger partial charge in [-0.05, 0) is 26.0 Å². The number of amides is 1. The number of hydroxylamine groups is 1. The van der Waals surface area contributed by atoms with E-state index in [1.807, 2.05) is 0 Å². The molecular formula is C12H17FN2O3. The van der Waals surface area contributed by atoms with Crippen LogP contribution in [0.15, 0.2) is 18.2 Å². The predicted molar refractivity (Wildman–Crippen MR) is 65.1 cm³/mol. The molecule has 0 atom stereocenters. The standard InChI is InChI=1S/C12H17FN2O3/c1-12(2,6-7-16)18-15-11(17)8-4-3-5-9(13)10(8)14/h3-5,16H,6-7,14H2,1-2H3,(H,15,17). The molecule has 0 spiro atoms. The highest BCUT2D eigenvalue weighted by molar-refractivity contribution is 5.98. The minimum absolute atomic E-state index is 0.00907. The Morgan fingerprint density at radius 3 is 2.83 bits per heavy atom. The van der Waals surface area contributed by atoms with Crippen LogP contribution in [0.4, 0.5) is 10.1 Å². The maximum atomic E-state index is 13.2. The highest BCUT2D eigenvalue weighted by Gasteiger charge is 2.21. The van der Waals surface area contributed by atoms with Crippen molar-refractivity contribution in [3.63, 3.8) is 0 Å². The number of hydrogen-bond acceptors (Lipinski definition) is 4. The SMILES string of the molecule is CC(C)(CCO)ONC(=O)c1cccc(F)c1N. The van der Waals surface area contributed by atoms with Gasteiger partial charge in [0.25, 0.3) is 5.91 Å². The van der Waals surface area contributed by atoms with Crippen molar-refractivity contribution in [2.75, 3.05) is 12.3 Å². The third-order valence-electron chi connectivity index (χ3n) is 2.43. The van der Waals surface area contributed by atoms with Crippen LogP contribution in [0.25, 0.3) is 0 Å². The predicted octanol–water partition coefficient (Wildman–Crippen LogP) is 1.23. The van der Waals surface area contributed by atoms with Gasteiger partial charge in [-0.1, -0.05) is 6.07 Å². The van der Waals surface area contributed by atoms with E-state index < -0.39 is 17.3 Å². The molecule has 0 aromatic heterocycles. The number of hydrogen-bond donors (Lipinski definition) is 3. The normalized spacial score (nSPS) is 11.3. The van der Waals surface area contributed by atoms with E-state index in [1.54, 1.807) is 13.8 Å². The summed E-state index contributed by atoms with van der Waals surface area (Å²) in [5, 5.41) is 8.80. The van der Waals surface area contributed by atoms with Crippen LogP contribution in [0, 0.1) is 5.82 Å². The van der Waals surface area contributed by atoms with Gasteiger partial charge in [-0.2, -0.15) is 0 Å². The topological polar surface area (TPSA) is 84.6 Å². The molecule has 0 heterocycles. The molecule has 1 rings (SSSR count). The number of anilines is 1. The fourth-order valence-electron chi connectivity index (χ4n) is 1.29. The van der Waals surface area contributed by atoms with Crippen molar-refractivity contribution in [3.8, 4) is 0 Å².